The molecule has 17 heavy (non-hydrogen) atoms. The van der Waals surface area contributed by atoms with Gasteiger partial charge in [0.1, 0.15) is 11.3 Å². The summed E-state index contributed by atoms with van der Waals surface area (Å²) in [7, 11) is 0. The third-order valence-corrected chi connectivity index (χ3v) is 3.32. The number of imidazole rings is 1. The molecule has 2 aromatic heterocycles. The van der Waals surface area contributed by atoms with E-state index in [1.54, 1.807) is 6.20 Å². The van der Waals surface area contributed by atoms with Crippen LogP contribution in [-0.2, 0) is 6.42 Å². The molecule has 1 atom stereocenters. The van der Waals surface area contributed by atoms with Crippen molar-refractivity contribution in [3.05, 3.63) is 23.1 Å². The van der Waals surface area contributed by atoms with Crippen LogP contribution in [0.1, 0.15) is 32.1 Å². The van der Waals surface area contributed by atoms with Crippen LogP contribution >= 0.6 is 23.2 Å². The van der Waals surface area contributed by atoms with E-state index >= 15 is 0 Å². The van der Waals surface area contributed by atoms with Crippen LogP contribution in [-0.4, -0.2) is 20.4 Å². The highest BCUT2D eigenvalue weighted by Gasteiger charge is 2.15. The van der Waals surface area contributed by atoms with Gasteiger partial charge in [0.15, 0.2) is 5.65 Å². The fourth-order valence-corrected chi connectivity index (χ4v) is 2.23. The van der Waals surface area contributed by atoms with Crippen LogP contribution in [0.2, 0.25) is 5.02 Å². The Balaban J connectivity index is 2.62. The van der Waals surface area contributed by atoms with E-state index < -0.39 is 0 Å². The van der Waals surface area contributed by atoms with Crippen molar-refractivity contribution in [3.63, 3.8) is 0 Å². The van der Waals surface area contributed by atoms with Crippen LogP contribution in [0.15, 0.2) is 12.3 Å². The summed E-state index contributed by atoms with van der Waals surface area (Å²) >= 11 is 11.7. The van der Waals surface area contributed by atoms with Crippen molar-refractivity contribution in [1.29, 1.82) is 0 Å². The molecule has 0 N–H and O–H groups in total. The van der Waals surface area contributed by atoms with Crippen LogP contribution in [0.5, 0.6) is 0 Å². The van der Waals surface area contributed by atoms with Crippen LogP contribution in [0, 0.1) is 0 Å². The fourth-order valence-electron chi connectivity index (χ4n) is 1.91. The van der Waals surface area contributed by atoms with Gasteiger partial charge in [-0.3, -0.25) is 0 Å². The van der Waals surface area contributed by atoms with E-state index in [9.17, 15) is 0 Å². The van der Waals surface area contributed by atoms with Gasteiger partial charge in [-0.05, 0) is 19.4 Å². The highest BCUT2D eigenvalue weighted by molar-refractivity contribution is 6.31. The number of pyridine rings is 1. The van der Waals surface area contributed by atoms with E-state index in [0.717, 1.165) is 29.8 Å². The topological polar surface area (TPSA) is 30.7 Å². The molecule has 0 aromatic carbocycles. The van der Waals surface area contributed by atoms with E-state index in [2.05, 4.69) is 28.4 Å². The first-order valence-electron chi connectivity index (χ1n) is 5.75. The molecule has 0 bridgehead atoms. The first-order valence-corrected chi connectivity index (χ1v) is 6.67. The van der Waals surface area contributed by atoms with Crippen molar-refractivity contribution in [3.8, 4) is 0 Å². The summed E-state index contributed by atoms with van der Waals surface area (Å²) < 4.78 is 2.16. The van der Waals surface area contributed by atoms with E-state index in [0.29, 0.717) is 16.9 Å². The average molecular weight is 272 g/mol. The zero-order valence-electron chi connectivity index (χ0n) is 9.95. The Morgan fingerprint density at radius 3 is 2.88 bits per heavy atom. The van der Waals surface area contributed by atoms with Crippen molar-refractivity contribution in [2.45, 2.75) is 32.7 Å². The predicted molar refractivity (Wildman–Crippen MR) is 72.0 cm³/mol. The molecule has 0 aliphatic carbocycles. The lowest BCUT2D eigenvalue weighted by Gasteiger charge is -2.14. The maximum absolute atomic E-state index is 5.93. The Hall–Kier alpha value is -0.800. The highest BCUT2D eigenvalue weighted by Crippen LogP contribution is 2.23. The maximum atomic E-state index is 5.93. The minimum Gasteiger partial charge on any atom is -0.310 e. The number of aromatic nitrogens is 3. The second-order valence-corrected chi connectivity index (χ2v) is 4.90. The van der Waals surface area contributed by atoms with E-state index in [1.165, 1.54) is 0 Å². The first kappa shape index (κ1) is 12.7. The monoisotopic (exact) mass is 271 g/mol. The fraction of sp³-hybridized carbons (Fsp3) is 0.500. The molecule has 0 aliphatic heterocycles. The normalized spacial score (nSPS) is 13.2. The van der Waals surface area contributed by atoms with Crippen molar-refractivity contribution in [1.82, 2.24) is 14.5 Å². The molecule has 0 amide bonds. The maximum Gasteiger partial charge on any atom is 0.160 e. The van der Waals surface area contributed by atoms with Crippen molar-refractivity contribution in [2.75, 3.05) is 5.88 Å². The Morgan fingerprint density at radius 2 is 2.24 bits per heavy atom. The number of fused-ring (bicyclic) bond motifs is 1. The second kappa shape index (κ2) is 5.23. The van der Waals surface area contributed by atoms with Gasteiger partial charge >= 0.3 is 0 Å². The van der Waals surface area contributed by atoms with Crippen molar-refractivity contribution >= 4 is 34.4 Å². The van der Waals surface area contributed by atoms with Crippen LogP contribution in [0.3, 0.4) is 0 Å². The lowest BCUT2D eigenvalue weighted by Crippen LogP contribution is -2.09. The van der Waals surface area contributed by atoms with Gasteiger partial charge in [0.25, 0.3) is 0 Å². The molecule has 5 heteroatoms. The third-order valence-electron chi connectivity index (χ3n) is 2.92. The molecule has 92 valence electrons. The number of rotatable bonds is 4. The molecule has 2 rings (SSSR count). The van der Waals surface area contributed by atoms with Gasteiger partial charge in [0, 0.05) is 24.5 Å². The largest absolute Gasteiger partial charge is 0.310 e. The number of nitrogens with zero attached hydrogens (tertiary/aromatic N) is 3. The summed E-state index contributed by atoms with van der Waals surface area (Å²) in [5.74, 6) is 1.55. The Kier molecular flexibility index (Phi) is 3.89. The molecule has 0 aliphatic rings. The zero-order chi connectivity index (χ0) is 12.4. The predicted octanol–water partition coefficient (Wildman–Crippen LogP) is 3.84. The van der Waals surface area contributed by atoms with Gasteiger partial charge < -0.3 is 4.57 Å². The molecule has 0 radical (unpaired) electrons. The molecule has 0 saturated carbocycles. The van der Waals surface area contributed by atoms with Gasteiger partial charge in [-0.1, -0.05) is 18.5 Å². The van der Waals surface area contributed by atoms with Crippen molar-refractivity contribution < 1.29 is 0 Å². The third kappa shape index (κ3) is 2.40. The number of aryl methyl sites for hydroxylation is 1. The standard InChI is InChI=1S/C12H15Cl2N3/c1-3-8(2)17-11(4-5-13)16-10-6-9(14)7-15-12(10)17/h6-8H,3-5H2,1-2H3. The van der Waals surface area contributed by atoms with Crippen LogP contribution in [0.4, 0.5) is 0 Å². The molecule has 0 spiro atoms. The molecule has 0 fully saturated rings. The lowest BCUT2D eigenvalue weighted by molar-refractivity contribution is 0.521. The Labute approximate surface area is 111 Å². The Morgan fingerprint density at radius 1 is 1.47 bits per heavy atom. The smallest absolute Gasteiger partial charge is 0.160 e. The summed E-state index contributed by atoms with van der Waals surface area (Å²) in [5.41, 5.74) is 1.74. The van der Waals surface area contributed by atoms with Crippen LogP contribution in [0.25, 0.3) is 11.2 Å². The molecular weight excluding hydrogens is 257 g/mol. The molecule has 0 saturated heterocycles. The number of hydrogen-bond donors (Lipinski definition) is 0. The summed E-state index contributed by atoms with van der Waals surface area (Å²) in [6, 6.07) is 2.22. The van der Waals surface area contributed by atoms with E-state index in [1.807, 2.05) is 6.07 Å². The SMILES string of the molecule is CCC(C)n1c(CCCl)nc2cc(Cl)cnc21. The summed E-state index contributed by atoms with van der Waals surface area (Å²) in [5, 5.41) is 0.615. The molecule has 2 aromatic rings. The lowest BCUT2D eigenvalue weighted by atomic mass is 10.2. The van der Waals surface area contributed by atoms with Gasteiger partial charge in [-0.15, -0.1) is 11.6 Å². The van der Waals surface area contributed by atoms with Crippen LogP contribution < -0.4 is 0 Å². The second-order valence-electron chi connectivity index (χ2n) is 4.09. The highest BCUT2D eigenvalue weighted by atomic mass is 35.5. The minimum atomic E-state index is 0.367. The minimum absolute atomic E-state index is 0.367. The van der Waals surface area contributed by atoms with Crippen molar-refractivity contribution in [2.24, 2.45) is 0 Å². The van der Waals surface area contributed by atoms with Gasteiger partial charge in [-0.25, -0.2) is 9.97 Å². The quantitative estimate of drug-likeness (QED) is 0.792. The van der Waals surface area contributed by atoms with E-state index in [4.69, 9.17) is 23.2 Å². The van der Waals surface area contributed by atoms with Gasteiger partial charge in [-0.2, -0.15) is 0 Å². The number of hydrogen-bond acceptors (Lipinski definition) is 2. The van der Waals surface area contributed by atoms with Gasteiger partial charge in [0.05, 0.1) is 5.02 Å². The molecular formula is C12H15Cl2N3. The summed E-state index contributed by atoms with van der Waals surface area (Å²) in [4.78, 5) is 8.94. The van der Waals surface area contributed by atoms with Gasteiger partial charge in [0.2, 0.25) is 0 Å². The number of alkyl halides is 1. The summed E-state index contributed by atoms with van der Waals surface area (Å²) in [6.45, 7) is 4.31. The molecule has 1 unspecified atom stereocenters. The van der Waals surface area contributed by atoms with E-state index in [-0.39, 0.29) is 0 Å². The molecule has 2 heterocycles. The summed E-state index contributed by atoms with van der Waals surface area (Å²) in [6.07, 6.45) is 3.44. The average Bonchev–Trinajstić information content (AvgIpc) is 2.65. The zero-order valence-corrected chi connectivity index (χ0v) is 11.5. The number of halogens is 2. The molecule has 3 nitrogen and oxygen atoms in total. The Bertz CT molecular complexity index is 522. The first-order chi connectivity index (χ1) is 8.17.